The number of nitrogens with zero attached hydrogens (tertiary/aromatic N) is 2. The van der Waals surface area contributed by atoms with Crippen LogP contribution >= 0.6 is 0 Å². The minimum Gasteiger partial charge on any atom is -0.540 e. The van der Waals surface area contributed by atoms with E-state index >= 15 is 0 Å². The molecule has 0 unspecified atom stereocenters. The molecule has 1 aromatic heterocycles. The van der Waals surface area contributed by atoms with Crippen LogP contribution in [-0.2, 0) is 0 Å². The Hall–Kier alpha value is 0.246. The van der Waals surface area contributed by atoms with Crippen molar-refractivity contribution in [3.63, 3.8) is 0 Å². The molecular weight excluding hydrogens is 199 g/mol. The predicted octanol–water partition coefficient (Wildman–Crippen LogP) is -3.30. The molecule has 0 aromatic carbocycles. The fourth-order valence-electron chi connectivity index (χ4n) is 1.14. The number of carbonyl (C=O) groups excluding carboxylic acids is 1. The Morgan fingerprint density at radius 3 is 2.54 bits per heavy atom. The van der Waals surface area contributed by atoms with Crippen molar-refractivity contribution in [2.24, 2.45) is 0 Å². The van der Waals surface area contributed by atoms with E-state index in [0.717, 1.165) is 19.3 Å². The molecule has 1 saturated carbocycles. The average molecular weight is 206 g/mol. The summed E-state index contributed by atoms with van der Waals surface area (Å²) in [6.07, 6.45) is 3.16. The van der Waals surface area contributed by atoms with E-state index in [9.17, 15) is 9.90 Å². The van der Waals surface area contributed by atoms with Crippen molar-refractivity contribution in [2.75, 3.05) is 0 Å². The SMILES string of the molecule is O=C([O-])c1nnc(C2CCC2)o1.[K+]. The van der Waals surface area contributed by atoms with Gasteiger partial charge in [0.25, 0.3) is 5.89 Å². The molecule has 0 radical (unpaired) electrons. The maximum absolute atomic E-state index is 10.2. The Kier molecular flexibility index (Phi) is 4.05. The number of hydrogen-bond acceptors (Lipinski definition) is 5. The summed E-state index contributed by atoms with van der Waals surface area (Å²) in [5.41, 5.74) is 0. The second-order valence-electron chi connectivity index (χ2n) is 2.86. The van der Waals surface area contributed by atoms with E-state index in [0.29, 0.717) is 5.89 Å². The molecule has 5 nitrogen and oxygen atoms in total. The maximum atomic E-state index is 10.2. The monoisotopic (exact) mass is 206 g/mol. The van der Waals surface area contributed by atoms with Gasteiger partial charge in [-0.15, -0.1) is 10.2 Å². The van der Waals surface area contributed by atoms with Crippen molar-refractivity contribution >= 4 is 5.97 Å². The molecule has 1 aromatic rings. The first kappa shape index (κ1) is 11.3. The molecular formula is C7H7KN2O3. The summed E-state index contributed by atoms with van der Waals surface area (Å²) in [4.78, 5) is 10.2. The number of carboxylic acids is 1. The van der Waals surface area contributed by atoms with Crippen LogP contribution in [0.5, 0.6) is 0 Å². The Bertz CT molecular complexity index is 308. The molecule has 1 aliphatic carbocycles. The second-order valence-corrected chi connectivity index (χ2v) is 2.86. The van der Waals surface area contributed by atoms with E-state index in [1.807, 2.05) is 0 Å². The van der Waals surface area contributed by atoms with Crippen LogP contribution in [-0.4, -0.2) is 16.2 Å². The molecule has 1 fully saturated rings. The van der Waals surface area contributed by atoms with Crippen molar-refractivity contribution in [1.82, 2.24) is 10.2 Å². The molecule has 0 amide bonds. The van der Waals surface area contributed by atoms with Gasteiger partial charge in [-0.2, -0.15) is 0 Å². The Balaban J connectivity index is 0.000000845. The van der Waals surface area contributed by atoms with Crippen molar-refractivity contribution in [3.8, 4) is 0 Å². The van der Waals surface area contributed by atoms with Crippen molar-refractivity contribution < 1.29 is 65.7 Å². The van der Waals surface area contributed by atoms with E-state index < -0.39 is 11.9 Å². The summed E-state index contributed by atoms with van der Waals surface area (Å²) in [6.45, 7) is 0. The molecule has 0 saturated heterocycles. The first-order chi connectivity index (χ1) is 5.77. The normalized spacial score (nSPS) is 16.0. The minimum atomic E-state index is -1.41. The zero-order chi connectivity index (χ0) is 8.55. The molecule has 0 aliphatic heterocycles. The third-order valence-corrected chi connectivity index (χ3v) is 2.07. The van der Waals surface area contributed by atoms with Crippen LogP contribution in [0.25, 0.3) is 0 Å². The molecule has 64 valence electrons. The van der Waals surface area contributed by atoms with E-state index in [1.165, 1.54) is 0 Å². The number of carbonyl (C=O) groups is 1. The average Bonchev–Trinajstić information content (AvgIpc) is 2.32. The number of aromatic nitrogens is 2. The Morgan fingerprint density at radius 1 is 1.46 bits per heavy atom. The van der Waals surface area contributed by atoms with Crippen LogP contribution in [0.15, 0.2) is 4.42 Å². The van der Waals surface area contributed by atoms with Crippen LogP contribution in [0.4, 0.5) is 0 Å². The molecule has 1 aliphatic rings. The fraction of sp³-hybridized carbons (Fsp3) is 0.571. The van der Waals surface area contributed by atoms with Gasteiger partial charge in [-0.05, 0) is 12.8 Å². The molecule has 13 heavy (non-hydrogen) atoms. The van der Waals surface area contributed by atoms with Gasteiger partial charge in [0.05, 0.1) is 0 Å². The van der Waals surface area contributed by atoms with Gasteiger partial charge < -0.3 is 14.3 Å². The maximum Gasteiger partial charge on any atom is 1.00 e. The molecule has 0 atom stereocenters. The smallest absolute Gasteiger partial charge is 0.540 e. The van der Waals surface area contributed by atoms with Crippen LogP contribution in [0.2, 0.25) is 0 Å². The predicted molar refractivity (Wildman–Crippen MR) is 35.2 cm³/mol. The van der Waals surface area contributed by atoms with Crippen LogP contribution < -0.4 is 56.5 Å². The van der Waals surface area contributed by atoms with Gasteiger partial charge in [0.15, 0.2) is 0 Å². The van der Waals surface area contributed by atoms with Crippen molar-refractivity contribution in [1.29, 1.82) is 0 Å². The summed E-state index contributed by atoms with van der Waals surface area (Å²) in [5.74, 6) is -1.13. The first-order valence-corrected chi connectivity index (χ1v) is 3.82. The zero-order valence-electron chi connectivity index (χ0n) is 7.32. The van der Waals surface area contributed by atoms with Gasteiger partial charge >= 0.3 is 51.4 Å². The molecule has 1 heterocycles. The van der Waals surface area contributed by atoms with Gasteiger partial charge in [-0.1, -0.05) is 6.42 Å². The summed E-state index contributed by atoms with van der Waals surface area (Å²) < 4.78 is 4.86. The van der Waals surface area contributed by atoms with Crippen LogP contribution in [0.1, 0.15) is 41.8 Å². The van der Waals surface area contributed by atoms with E-state index in [1.54, 1.807) is 0 Å². The number of hydrogen-bond donors (Lipinski definition) is 0. The van der Waals surface area contributed by atoms with Gasteiger partial charge in [-0.3, -0.25) is 0 Å². The zero-order valence-corrected chi connectivity index (χ0v) is 10.4. The fourth-order valence-corrected chi connectivity index (χ4v) is 1.14. The van der Waals surface area contributed by atoms with Gasteiger partial charge in [0.2, 0.25) is 5.89 Å². The van der Waals surface area contributed by atoms with Gasteiger partial charge in [0.1, 0.15) is 5.97 Å². The molecule has 6 heteroatoms. The summed E-state index contributed by atoms with van der Waals surface area (Å²) in [6, 6.07) is 0. The molecule has 0 N–H and O–H groups in total. The third kappa shape index (κ3) is 2.38. The Labute approximate surface area is 117 Å². The molecule has 2 rings (SSSR count). The Morgan fingerprint density at radius 2 is 2.15 bits per heavy atom. The third-order valence-electron chi connectivity index (χ3n) is 2.07. The van der Waals surface area contributed by atoms with Crippen molar-refractivity contribution in [3.05, 3.63) is 11.8 Å². The van der Waals surface area contributed by atoms with E-state index in [4.69, 9.17) is 4.42 Å². The molecule has 0 spiro atoms. The van der Waals surface area contributed by atoms with Gasteiger partial charge in [-0.25, -0.2) is 0 Å². The molecule has 0 bridgehead atoms. The quantitative estimate of drug-likeness (QED) is 0.474. The summed E-state index contributed by atoms with van der Waals surface area (Å²) >= 11 is 0. The number of rotatable bonds is 2. The first-order valence-electron chi connectivity index (χ1n) is 3.82. The standard InChI is InChI=1S/C7H8N2O3.K/c10-7(11)6-9-8-5(12-6)4-2-1-3-4;/h4H,1-3H2,(H,10,11);/q;+1/p-1. The minimum absolute atomic E-state index is 0. The second kappa shape index (κ2) is 4.65. The van der Waals surface area contributed by atoms with E-state index in [2.05, 4.69) is 10.2 Å². The number of carboxylic acid groups (broad SMARTS) is 1. The van der Waals surface area contributed by atoms with Crippen LogP contribution in [0.3, 0.4) is 0 Å². The summed E-state index contributed by atoms with van der Waals surface area (Å²) in [5, 5.41) is 17.2. The summed E-state index contributed by atoms with van der Waals surface area (Å²) in [7, 11) is 0. The van der Waals surface area contributed by atoms with E-state index in [-0.39, 0.29) is 57.3 Å². The van der Waals surface area contributed by atoms with Crippen LogP contribution in [0, 0.1) is 0 Å². The van der Waals surface area contributed by atoms with Crippen molar-refractivity contribution in [2.45, 2.75) is 25.2 Å². The largest absolute Gasteiger partial charge is 1.00 e. The van der Waals surface area contributed by atoms with Gasteiger partial charge in [0, 0.05) is 5.92 Å². The topological polar surface area (TPSA) is 79.0 Å². The number of aromatic carboxylic acids is 1.